The zero-order chi connectivity index (χ0) is 9.80. The Morgan fingerprint density at radius 2 is 2.50 bits per heavy atom. The monoisotopic (exact) mass is 216 g/mol. The minimum atomic E-state index is 0.148. The van der Waals surface area contributed by atoms with Crippen molar-refractivity contribution in [3.63, 3.8) is 0 Å². The fraction of sp³-hybridized carbons (Fsp3) is 0.889. The lowest BCUT2D eigenvalue weighted by Gasteiger charge is -2.21. The molecule has 0 saturated carbocycles. The van der Waals surface area contributed by atoms with Gasteiger partial charge in [0.15, 0.2) is 5.17 Å². The molecular formula is C9H16N2O2S. The molecular weight excluding hydrogens is 200 g/mol. The third kappa shape index (κ3) is 2.87. The van der Waals surface area contributed by atoms with Gasteiger partial charge in [0.05, 0.1) is 26.4 Å². The Kier molecular flexibility index (Phi) is 3.67. The van der Waals surface area contributed by atoms with Crippen LogP contribution in [0.25, 0.3) is 0 Å². The van der Waals surface area contributed by atoms with Crippen LogP contribution in [0.2, 0.25) is 0 Å². The summed E-state index contributed by atoms with van der Waals surface area (Å²) in [5, 5.41) is 4.36. The Morgan fingerprint density at radius 3 is 3.14 bits per heavy atom. The summed E-state index contributed by atoms with van der Waals surface area (Å²) in [6.45, 7) is 4.97. The Labute approximate surface area is 88.4 Å². The largest absolute Gasteiger partial charge is 0.376 e. The lowest BCUT2D eigenvalue weighted by molar-refractivity contribution is -0.0832. The van der Waals surface area contributed by atoms with Gasteiger partial charge in [0.1, 0.15) is 6.10 Å². The second-order valence-electron chi connectivity index (χ2n) is 3.57. The van der Waals surface area contributed by atoms with Crippen molar-refractivity contribution in [1.82, 2.24) is 5.32 Å². The van der Waals surface area contributed by atoms with Crippen LogP contribution < -0.4 is 5.32 Å². The van der Waals surface area contributed by atoms with Crippen molar-refractivity contribution in [2.75, 3.05) is 32.1 Å². The first-order valence-corrected chi connectivity index (χ1v) is 5.96. The van der Waals surface area contributed by atoms with Gasteiger partial charge in [-0.2, -0.15) is 0 Å². The highest BCUT2D eigenvalue weighted by molar-refractivity contribution is 8.14. The first-order chi connectivity index (χ1) is 6.84. The highest BCUT2D eigenvalue weighted by atomic mass is 32.2. The van der Waals surface area contributed by atoms with Gasteiger partial charge in [0.25, 0.3) is 0 Å². The minimum absolute atomic E-state index is 0.148. The van der Waals surface area contributed by atoms with E-state index in [-0.39, 0.29) is 6.10 Å². The van der Waals surface area contributed by atoms with Crippen LogP contribution in [-0.4, -0.2) is 49.4 Å². The van der Waals surface area contributed by atoms with Gasteiger partial charge in [-0.25, -0.2) is 0 Å². The number of hydrogen-bond donors (Lipinski definition) is 1. The number of amidine groups is 1. The lowest BCUT2D eigenvalue weighted by Crippen LogP contribution is -2.32. The Balaban J connectivity index is 1.74. The van der Waals surface area contributed by atoms with Crippen molar-refractivity contribution >= 4 is 16.9 Å². The molecule has 2 saturated heterocycles. The molecule has 0 aromatic carbocycles. The van der Waals surface area contributed by atoms with E-state index in [0.29, 0.717) is 25.8 Å². The van der Waals surface area contributed by atoms with E-state index in [0.717, 1.165) is 17.5 Å². The molecule has 2 aliphatic rings. The molecule has 2 atom stereocenters. The molecule has 80 valence electrons. The van der Waals surface area contributed by atoms with Crippen LogP contribution in [-0.2, 0) is 9.47 Å². The second-order valence-corrected chi connectivity index (χ2v) is 4.58. The Morgan fingerprint density at radius 1 is 1.57 bits per heavy atom. The maximum atomic E-state index is 5.50. The maximum Gasteiger partial charge on any atom is 0.156 e. The lowest BCUT2D eigenvalue weighted by atomic mass is 10.3. The number of nitrogens with zero attached hydrogens (tertiary/aromatic N) is 1. The van der Waals surface area contributed by atoms with Crippen molar-refractivity contribution in [3.05, 3.63) is 0 Å². The third-order valence-corrected chi connectivity index (χ3v) is 3.35. The molecule has 0 aliphatic carbocycles. The second kappa shape index (κ2) is 5.00. The molecule has 0 bridgehead atoms. The molecule has 5 heteroatoms. The number of thioether (sulfide) groups is 1. The molecule has 14 heavy (non-hydrogen) atoms. The quantitative estimate of drug-likeness (QED) is 0.729. The molecule has 2 heterocycles. The topological polar surface area (TPSA) is 42.9 Å². The minimum Gasteiger partial charge on any atom is -0.376 e. The van der Waals surface area contributed by atoms with E-state index < -0.39 is 0 Å². The summed E-state index contributed by atoms with van der Waals surface area (Å²) < 4.78 is 10.8. The molecule has 0 aromatic heterocycles. The predicted octanol–water partition coefficient (Wildman–Crippen LogP) is 0.483. The molecule has 1 N–H and O–H groups in total. The predicted molar refractivity (Wildman–Crippen MR) is 57.9 cm³/mol. The summed E-state index contributed by atoms with van der Waals surface area (Å²) in [7, 11) is 0. The van der Waals surface area contributed by atoms with Crippen molar-refractivity contribution < 1.29 is 9.47 Å². The fourth-order valence-corrected chi connectivity index (χ4v) is 2.36. The van der Waals surface area contributed by atoms with Gasteiger partial charge < -0.3 is 14.8 Å². The van der Waals surface area contributed by atoms with Gasteiger partial charge in [-0.05, 0) is 6.92 Å². The smallest absolute Gasteiger partial charge is 0.156 e. The maximum absolute atomic E-state index is 5.50. The number of nitrogens with one attached hydrogen (secondary N) is 1. The van der Waals surface area contributed by atoms with Crippen LogP contribution in [0, 0.1) is 0 Å². The molecule has 2 aliphatic heterocycles. The van der Waals surface area contributed by atoms with E-state index in [1.165, 1.54) is 0 Å². The van der Waals surface area contributed by atoms with Crippen molar-refractivity contribution in [2.24, 2.45) is 4.99 Å². The number of aliphatic imine (C=N–C) groups is 1. The summed E-state index contributed by atoms with van der Waals surface area (Å²) >= 11 is 1.78. The van der Waals surface area contributed by atoms with E-state index in [2.05, 4.69) is 17.2 Å². The van der Waals surface area contributed by atoms with Gasteiger partial charge in [0, 0.05) is 11.8 Å². The van der Waals surface area contributed by atoms with E-state index in [9.17, 15) is 0 Å². The third-order valence-electron chi connectivity index (χ3n) is 2.16. The molecule has 2 rings (SSSR count). The molecule has 4 nitrogen and oxygen atoms in total. The molecule has 0 amide bonds. The molecule has 0 spiro atoms. The summed E-state index contributed by atoms with van der Waals surface area (Å²) in [4.78, 5) is 4.46. The van der Waals surface area contributed by atoms with Gasteiger partial charge in [-0.3, -0.25) is 4.99 Å². The van der Waals surface area contributed by atoms with E-state index in [1.807, 2.05) is 0 Å². The SMILES string of the molecule is CC1CSC(=NCC2COCCO2)N1. The fourth-order valence-electron chi connectivity index (χ4n) is 1.42. The zero-order valence-corrected chi connectivity index (χ0v) is 9.18. The zero-order valence-electron chi connectivity index (χ0n) is 8.36. The van der Waals surface area contributed by atoms with E-state index in [4.69, 9.17) is 9.47 Å². The van der Waals surface area contributed by atoms with Crippen LogP contribution in [0.15, 0.2) is 4.99 Å². The molecule has 0 aromatic rings. The molecule has 2 fully saturated rings. The first-order valence-electron chi connectivity index (χ1n) is 4.98. The summed E-state index contributed by atoms with van der Waals surface area (Å²) in [5.41, 5.74) is 0. The average molecular weight is 216 g/mol. The van der Waals surface area contributed by atoms with Crippen LogP contribution in [0.4, 0.5) is 0 Å². The van der Waals surface area contributed by atoms with Crippen LogP contribution in [0.5, 0.6) is 0 Å². The van der Waals surface area contributed by atoms with Crippen molar-refractivity contribution in [2.45, 2.75) is 19.1 Å². The van der Waals surface area contributed by atoms with E-state index in [1.54, 1.807) is 11.8 Å². The van der Waals surface area contributed by atoms with E-state index >= 15 is 0 Å². The summed E-state index contributed by atoms with van der Waals surface area (Å²) in [6, 6.07) is 0.544. The Hall–Kier alpha value is -0.260. The van der Waals surface area contributed by atoms with Crippen LogP contribution >= 0.6 is 11.8 Å². The van der Waals surface area contributed by atoms with Crippen LogP contribution in [0.1, 0.15) is 6.92 Å². The van der Waals surface area contributed by atoms with Gasteiger partial charge in [-0.15, -0.1) is 0 Å². The van der Waals surface area contributed by atoms with Gasteiger partial charge in [-0.1, -0.05) is 11.8 Å². The Bertz CT molecular complexity index is 217. The van der Waals surface area contributed by atoms with Crippen molar-refractivity contribution in [1.29, 1.82) is 0 Å². The normalized spacial score (nSPS) is 35.9. The summed E-state index contributed by atoms with van der Waals surface area (Å²) in [5.74, 6) is 1.11. The van der Waals surface area contributed by atoms with Crippen LogP contribution in [0.3, 0.4) is 0 Å². The summed E-state index contributed by atoms with van der Waals surface area (Å²) in [6.07, 6.45) is 0.148. The highest BCUT2D eigenvalue weighted by Crippen LogP contribution is 2.13. The van der Waals surface area contributed by atoms with Gasteiger partial charge >= 0.3 is 0 Å². The van der Waals surface area contributed by atoms with Gasteiger partial charge in [0.2, 0.25) is 0 Å². The average Bonchev–Trinajstić information content (AvgIpc) is 2.63. The molecule has 0 radical (unpaired) electrons. The van der Waals surface area contributed by atoms with Crippen molar-refractivity contribution in [3.8, 4) is 0 Å². The first kappa shape index (κ1) is 10.3. The molecule has 2 unspecified atom stereocenters. The number of ether oxygens (including phenoxy) is 2. The highest BCUT2D eigenvalue weighted by Gasteiger charge is 2.17. The number of hydrogen-bond acceptors (Lipinski definition) is 4. The standard InChI is InChI=1S/C9H16N2O2S/c1-7-6-14-9(11-7)10-4-8-5-12-2-3-13-8/h7-8H,2-6H2,1H3,(H,10,11). The number of rotatable bonds is 2.